The summed E-state index contributed by atoms with van der Waals surface area (Å²) in [6.07, 6.45) is 2.51. The number of carboxylic acid groups (broad SMARTS) is 1. The van der Waals surface area contributed by atoms with E-state index in [1.54, 1.807) is 18.2 Å². The summed E-state index contributed by atoms with van der Waals surface area (Å²) in [7, 11) is 0. The molecule has 0 saturated heterocycles. The van der Waals surface area contributed by atoms with Crippen LogP contribution in [0.3, 0.4) is 0 Å². The minimum absolute atomic E-state index is 0.274. The molecule has 0 saturated carbocycles. The van der Waals surface area contributed by atoms with Crippen LogP contribution in [0.2, 0.25) is 0 Å². The average Bonchev–Trinajstić information content (AvgIpc) is 2.53. The standard InChI is InChI=1S/C10H8N2O3/c13-9(14)4-2-6-1-3-7-8(5-6)12-10(15)11-7/h1-5H,(H,13,14)(H2,11,12,15). The van der Waals surface area contributed by atoms with Gasteiger partial charge in [0.25, 0.3) is 0 Å². The molecule has 0 radical (unpaired) electrons. The van der Waals surface area contributed by atoms with Crippen LogP contribution in [0.4, 0.5) is 0 Å². The number of aliphatic carboxylic acids is 1. The number of fused-ring (bicyclic) bond motifs is 1. The van der Waals surface area contributed by atoms with Gasteiger partial charge < -0.3 is 15.1 Å². The molecule has 0 atom stereocenters. The molecule has 0 aliphatic rings. The van der Waals surface area contributed by atoms with Gasteiger partial charge in [0, 0.05) is 6.08 Å². The molecule has 1 aromatic carbocycles. The summed E-state index contributed by atoms with van der Waals surface area (Å²) in [6, 6.07) is 5.15. The van der Waals surface area contributed by atoms with Crippen molar-refractivity contribution in [3.8, 4) is 0 Å². The summed E-state index contributed by atoms with van der Waals surface area (Å²) in [5.74, 6) is -1.00. The number of hydrogen-bond donors (Lipinski definition) is 3. The van der Waals surface area contributed by atoms with Gasteiger partial charge in [-0.1, -0.05) is 6.07 Å². The van der Waals surface area contributed by atoms with Crippen molar-refractivity contribution in [1.29, 1.82) is 0 Å². The lowest BCUT2D eigenvalue weighted by Gasteiger charge is -1.92. The topological polar surface area (TPSA) is 85.9 Å². The Morgan fingerprint density at radius 1 is 1.27 bits per heavy atom. The molecule has 0 aliphatic carbocycles. The molecule has 0 fully saturated rings. The first-order valence-electron chi connectivity index (χ1n) is 4.28. The largest absolute Gasteiger partial charge is 0.478 e. The highest BCUT2D eigenvalue weighted by atomic mass is 16.4. The first-order chi connectivity index (χ1) is 7.15. The van der Waals surface area contributed by atoms with Gasteiger partial charge in [0.1, 0.15) is 0 Å². The molecule has 0 aliphatic heterocycles. The average molecular weight is 204 g/mol. The Hall–Kier alpha value is -2.30. The normalized spacial score (nSPS) is 11.2. The van der Waals surface area contributed by atoms with E-state index in [2.05, 4.69) is 9.97 Å². The fraction of sp³-hybridized carbons (Fsp3) is 0. The van der Waals surface area contributed by atoms with Gasteiger partial charge in [-0.15, -0.1) is 0 Å². The number of benzene rings is 1. The maximum Gasteiger partial charge on any atom is 0.328 e. The molecule has 0 bridgehead atoms. The maximum absolute atomic E-state index is 10.9. The van der Waals surface area contributed by atoms with Gasteiger partial charge in [-0.3, -0.25) is 0 Å². The molecule has 2 aromatic rings. The minimum atomic E-state index is -1.00. The predicted molar refractivity (Wildman–Crippen MR) is 55.6 cm³/mol. The van der Waals surface area contributed by atoms with Crippen molar-refractivity contribution >= 4 is 23.1 Å². The Morgan fingerprint density at radius 2 is 2.00 bits per heavy atom. The van der Waals surface area contributed by atoms with Crippen molar-refractivity contribution in [2.45, 2.75) is 0 Å². The van der Waals surface area contributed by atoms with Crippen molar-refractivity contribution < 1.29 is 9.90 Å². The minimum Gasteiger partial charge on any atom is -0.478 e. The molecular weight excluding hydrogens is 196 g/mol. The van der Waals surface area contributed by atoms with Crippen LogP contribution in [0.15, 0.2) is 29.1 Å². The van der Waals surface area contributed by atoms with Gasteiger partial charge in [-0.05, 0) is 23.8 Å². The van der Waals surface area contributed by atoms with E-state index in [9.17, 15) is 9.59 Å². The van der Waals surface area contributed by atoms with Crippen molar-refractivity contribution in [3.63, 3.8) is 0 Å². The highest BCUT2D eigenvalue weighted by Crippen LogP contribution is 2.11. The molecule has 15 heavy (non-hydrogen) atoms. The van der Waals surface area contributed by atoms with Gasteiger partial charge in [-0.25, -0.2) is 9.59 Å². The summed E-state index contributed by atoms with van der Waals surface area (Å²) in [6.45, 7) is 0. The fourth-order valence-electron chi connectivity index (χ4n) is 1.32. The van der Waals surface area contributed by atoms with Crippen LogP contribution in [0, 0.1) is 0 Å². The van der Waals surface area contributed by atoms with E-state index >= 15 is 0 Å². The number of carbonyl (C=O) groups is 1. The quantitative estimate of drug-likeness (QED) is 0.636. The summed E-state index contributed by atoms with van der Waals surface area (Å²) >= 11 is 0. The lowest BCUT2D eigenvalue weighted by molar-refractivity contribution is -0.131. The zero-order valence-electron chi connectivity index (χ0n) is 7.65. The van der Waals surface area contributed by atoms with E-state index in [0.717, 1.165) is 11.6 Å². The van der Waals surface area contributed by atoms with E-state index in [1.807, 2.05) is 0 Å². The van der Waals surface area contributed by atoms with E-state index in [1.165, 1.54) is 6.08 Å². The molecule has 76 valence electrons. The van der Waals surface area contributed by atoms with Crippen molar-refractivity contribution in [2.75, 3.05) is 0 Å². The second kappa shape index (κ2) is 3.45. The van der Waals surface area contributed by atoms with Crippen molar-refractivity contribution in [2.24, 2.45) is 0 Å². The molecule has 1 heterocycles. The third-order valence-corrected chi connectivity index (χ3v) is 1.96. The van der Waals surface area contributed by atoms with Gasteiger partial charge in [0.2, 0.25) is 0 Å². The van der Waals surface area contributed by atoms with Crippen LogP contribution in [0.1, 0.15) is 5.56 Å². The lowest BCUT2D eigenvalue weighted by Crippen LogP contribution is -1.99. The van der Waals surface area contributed by atoms with E-state index in [-0.39, 0.29) is 5.69 Å². The Kier molecular flexibility index (Phi) is 2.13. The van der Waals surface area contributed by atoms with Crippen LogP contribution in [0.25, 0.3) is 17.1 Å². The van der Waals surface area contributed by atoms with Crippen LogP contribution in [0.5, 0.6) is 0 Å². The zero-order valence-corrected chi connectivity index (χ0v) is 7.65. The van der Waals surface area contributed by atoms with Gasteiger partial charge >= 0.3 is 11.7 Å². The first-order valence-corrected chi connectivity index (χ1v) is 4.28. The summed E-state index contributed by atoms with van der Waals surface area (Å²) in [5.41, 5.74) is 1.81. The molecule has 5 nitrogen and oxygen atoms in total. The van der Waals surface area contributed by atoms with Crippen LogP contribution < -0.4 is 5.69 Å². The van der Waals surface area contributed by atoms with Gasteiger partial charge in [0.15, 0.2) is 0 Å². The number of nitrogens with one attached hydrogen (secondary N) is 2. The second-order valence-electron chi connectivity index (χ2n) is 3.06. The Bertz CT molecular complexity index is 592. The lowest BCUT2D eigenvalue weighted by atomic mass is 10.2. The van der Waals surface area contributed by atoms with Gasteiger partial charge in [0.05, 0.1) is 11.0 Å². The Labute approximate surface area is 84.1 Å². The number of rotatable bonds is 2. The van der Waals surface area contributed by atoms with E-state index in [0.29, 0.717) is 11.0 Å². The SMILES string of the molecule is O=C(O)C=Cc1ccc2[nH]c(=O)[nH]c2c1. The van der Waals surface area contributed by atoms with Crippen molar-refractivity contribution in [1.82, 2.24) is 9.97 Å². The molecule has 0 spiro atoms. The van der Waals surface area contributed by atoms with Crippen molar-refractivity contribution in [3.05, 3.63) is 40.3 Å². The number of carboxylic acids is 1. The number of aromatic nitrogens is 2. The predicted octanol–water partition coefficient (Wildman–Crippen LogP) is 0.954. The molecule has 0 amide bonds. The van der Waals surface area contributed by atoms with E-state index < -0.39 is 5.97 Å². The number of imidazole rings is 1. The maximum atomic E-state index is 10.9. The highest BCUT2D eigenvalue weighted by molar-refractivity contribution is 5.86. The van der Waals surface area contributed by atoms with Crippen LogP contribution >= 0.6 is 0 Å². The molecule has 1 aromatic heterocycles. The second-order valence-corrected chi connectivity index (χ2v) is 3.06. The van der Waals surface area contributed by atoms with E-state index in [4.69, 9.17) is 5.11 Å². The third-order valence-electron chi connectivity index (χ3n) is 1.96. The first kappa shape index (κ1) is 9.26. The van der Waals surface area contributed by atoms with Crippen LogP contribution in [-0.2, 0) is 4.79 Å². The fourth-order valence-corrected chi connectivity index (χ4v) is 1.32. The molecule has 0 unspecified atom stereocenters. The Balaban J connectivity index is 2.46. The third kappa shape index (κ3) is 1.96. The summed E-state index contributed by atoms with van der Waals surface area (Å²) < 4.78 is 0. The molecular formula is C10H8N2O3. The number of hydrogen-bond acceptors (Lipinski definition) is 2. The smallest absolute Gasteiger partial charge is 0.328 e. The zero-order chi connectivity index (χ0) is 10.8. The molecule has 3 N–H and O–H groups in total. The number of H-pyrrole nitrogens is 2. The summed E-state index contributed by atoms with van der Waals surface area (Å²) in [5, 5.41) is 8.44. The highest BCUT2D eigenvalue weighted by Gasteiger charge is 1.97. The molecule has 2 rings (SSSR count). The van der Waals surface area contributed by atoms with Crippen LogP contribution in [-0.4, -0.2) is 21.0 Å². The Morgan fingerprint density at radius 3 is 2.73 bits per heavy atom. The summed E-state index contributed by atoms with van der Waals surface area (Å²) in [4.78, 5) is 26.4. The molecule has 5 heteroatoms. The number of aromatic amines is 2. The van der Waals surface area contributed by atoms with Gasteiger partial charge in [-0.2, -0.15) is 0 Å². The monoisotopic (exact) mass is 204 g/mol.